The number of aliphatic carboxylic acids is 1. The van der Waals surface area contributed by atoms with Gasteiger partial charge in [0.1, 0.15) is 17.2 Å². The van der Waals surface area contributed by atoms with Crippen LogP contribution in [0.2, 0.25) is 0 Å². The zero-order valence-corrected chi connectivity index (χ0v) is 17.2. The third-order valence-electron chi connectivity index (χ3n) is 5.27. The van der Waals surface area contributed by atoms with Crippen LogP contribution >= 0.6 is 15.9 Å². The maximum Gasteiger partial charge on any atom is 0.341 e. The molecule has 6 heteroatoms. The second kappa shape index (κ2) is 7.87. The van der Waals surface area contributed by atoms with Gasteiger partial charge in [0.05, 0.1) is 4.47 Å². The molecule has 2 N–H and O–H groups in total. The lowest BCUT2D eigenvalue weighted by Gasteiger charge is -2.14. The van der Waals surface area contributed by atoms with Crippen LogP contribution in [0.4, 0.5) is 0 Å². The summed E-state index contributed by atoms with van der Waals surface area (Å²) in [6, 6.07) is 9.61. The molecule has 2 aromatic carbocycles. The number of aromatic nitrogens is 1. The van der Waals surface area contributed by atoms with E-state index < -0.39 is 5.97 Å². The molecule has 146 valence electrons. The molecular formula is C22H22BrNO4. The second-order valence-electron chi connectivity index (χ2n) is 7.27. The van der Waals surface area contributed by atoms with Crippen LogP contribution in [0.3, 0.4) is 0 Å². The van der Waals surface area contributed by atoms with Crippen molar-refractivity contribution < 1.29 is 19.4 Å². The van der Waals surface area contributed by atoms with Crippen molar-refractivity contribution in [2.75, 3.05) is 6.61 Å². The van der Waals surface area contributed by atoms with Gasteiger partial charge >= 0.3 is 5.97 Å². The quantitative estimate of drug-likeness (QED) is 0.478. The zero-order chi connectivity index (χ0) is 19.7. The topological polar surface area (TPSA) is 71.6 Å². The standard InChI is InChI=1S/C22H22BrNO4/c1-13-8-16(27-12-21(25)26)10-19(23)22(13)28-15-6-7-20-17(9-15)18(11-24-20)14-4-2-3-5-14/h6-11,14,24H,2-5,12H2,1H3,(H,25,26). The van der Waals surface area contributed by atoms with Crippen LogP contribution in [0.15, 0.2) is 41.0 Å². The van der Waals surface area contributed by atoms with Gasteiger partial charge < -0.3 is 19.6 Å². The summed E-state index contributed by atoms with van der Waals surface area (Å²) in [6.07, 6.45) is 7.24. The van der Waals surface area contributed by atoms with Crippen LogP contribution in [-0.2, 0) is 4.79 Å². The molecule has 0 aliphatic heterocycles. The molecular weight excluding hydrogens is 422 g/mol. The van der Waals surface area contributed by atoms with E-state index in [-0.39, 0.29) is 6.61 Å². The summed E-state index contributed by atoms with van der Waals surface area (Å²) in [4.78, 5) is 14.1. The number of benzene rings is 2. The number of ether oxygens (including phenoxy) is 2. The number of hydrogen-bond donors (Lipinski definition) is 2. The first-order chi connectivity index (χ1) is 13.5. The normalized spacial score (nSPS) is 14.5. The lowest BCUT2D eigenvalue weighted by atomic mass is 9.97. The molecule has 1 saturated carbocycles. The molecule has 0 unspecified atom stereocenters. The number of aryl methyl sites for hydroxylation is 1. The number of aromatic amines is 1. The Labute approximate surface area is 171 Å². The minimum absolute atomic E-state index is 0.375. The van der Waals surface area contributed by atoms with Crippen LogP contribution in [0.5, 0.6) is 17.2 Å². The first-order valence-corrected chi connectivity index (χ1v) is 10.2. The van der Waals surface area contributed by atoms with E-state index in [0.717, 1.165) is 21.3 Å². The molecule has 0 bridgehead atoms. The van der Waals surface area contributed by atoms with E-state index in [9.17, 15) is 4.79 Å². The minimum atomic E-state index is -1.01. The third kappa shape index (κ3) is 3.87. The molecule has 4 rings (SSSR count). The van der Waals surface area contributed by atoms with E-state index >= 15 is 0 Å². The molecule has 1 fully saturated rings. The minimum Gasteiger partial charge on any atom is -0.482 e. The number of fused-ring (bicyclic) bond motifs is 1. The number of H-pyrrole nitrogens is 1. The molecule has 5 nitrogen and oxygen atoms in total. The Balaban J connectivity index is 1.60. The number of carboxylic acids is 1. The van der Waals surface area contributed by atoms with Crippen LogP contribution in [0, 0.1) is 6.92 Å². The van der Waals surface area contributed by atoms with Crippen molar-refractivity contribution in [1.29, 1.82) is 0 Å². The molecule has 1 aromatic heterocycles. The Morgan fingerprint density at radius 1 is 1.21 bits per heavy atom. The van der Waals surface area contributed by atoms with Gasteiger partial charge in [0, 0.05) is 17.1 Å². The first-order valence-electron chi connectivity index (χ1n) is 9.45. The van der Waals surface area contributed by atoms with Gasteiger partial charge in [-0.3, -0.25) is 0 Å². The Morgan fingerprint density at radius 3 is 2.71 bits per heavy atom. The van der Waals surface area contributed by atoms with E-state index in [0.29, 0.717) is 17.4 Å². The summed E-state index contributed by atoms with van der Waals surface area (Å²) in [5, 5.41) is 9.99. The molecule has 0 atom stereocenters. The van der Waals surface area contributed by atoms with Crippen molar-refractivity contribution in [3.63, 3.8) is 0 Å². The van der Waals surface area contributed by atoms with Gasteiger partial charge in [0.15, 0.2) is 6.61 Å². The molecule has 0 radical (unpaired) electrons. The first kappa shape index (κ1) is 18.9. The molecule has 1 aliphatic carbocycles. The Morgan fingerprint density at radius 2 is 2.00 bits per heavy atom. The van der Waals surface area contributed by atoms with Crippen LogP contribution in [0.1, 0.15) is 42.7 Å². The summed E-state index contributed by atoms with van der Waals surface area (Å²) >= 11 is 3.51. The average Bonchev–Trinajstić information content (AvgIpc) is 3.32. The maximum atomic E-state index is 10.7. The van der Waals surface area contributed by atoms with Crippen LogP contribution in [-0.4, -0.2) is 22.7 Å². The lowest BCUT2D eigenvalue weighted by Crippen LogP contribution is -2.09. The Hall–Kier alpha value is -2.47. The van der Waals surface area contributed by atoms with Gasteiger partial charge in [-0.25, -0.2) is 4.79 Å². The highest BCUT2D eigenvalue weighted by Gasteiger charge is 2.20. The number of rotatable bonds is 6. The number of nitrogens with one attached hydrogen (secondary N) is 1. The molecule has 1 heterocycles. The smallest absolute Gasteiger partial charge is 0.341 e. The summed E-state index contributed by atoms with van der Waals surface area (Å²) in [5.41, 5.74) is 3.37. The highest BCUT2D eigenvalue weighted by atomic mass is 79.9. The average molecular weight is 444 g/mol. The Bertz CT molecular complexity index is 998. The molecule has 0 amide bonds. The monoisotopic (exact) mass is 443 g/mol. The Kier molecular flexibility index (Phi) is 5.31. The number of halogens is 1. The summed E-state index contributed by atoms with van der Waals surface area (Å²) in [5.74, 6) is 1.58. The van der Waals surface area contributed by atoms with Crippen LogP contribution < -0.4 is 9.47 Å². The van der Waals surface area contributed by atoms with Gasteiger partial charge in [0.25, 0.3) is 0 Å². The van der Waals surface area contributed by atoms with E-state index in [1.54, 1.807) is 12.1 Å². The lowest BCUT2D eigenvalue weighted by molar-refractivity contribution is -0.139. The van der Waals surface area contributed by atoms with Crippen molar-refractivity contribution in [3.05, 3.63) is 52.1 Å². The molecule has 0 saturated heterocycles. The van der Waals surface area contributed by atoms with E-state index in [1.807, 2.05) is 13.0 Å². The van der Waals surface area contributed by atoms with Crippen molar-refractivity contribution >= 4 is 32.8 Å². The fraction of sp³-hybridized carbons (Fsp3) is 0.318. The van der Waals surface area contributed by atoms with Crippen LogP contribution in [0.25, 0.3) is 10.9 Å². The van der Waals surface area contributed by atoms with E-state index in [1.165, 1.54) is 36.6 Å². The maximum absolute atomic E-state index is 10.7. The van der Waals surface area contributed by atoms with Crippen molar-refractivity contribution in [2.24, 2.45) is 0 Å². The number of carboxylic acid groups (broad SMARTS) is 1. The van der Waals surface area contributed by atoms with Gasteiger partial charge in [-0.2, -0.15) is 0 Å². The van der Waals surface area contributed by atoms with E-state index in [4.69, 9.17) is 14.6 Å². The third-order valence-corrected chi connectivity index (χ3v) is 5.85. The SMILES string of the molecule is Cc1cc(OCC(=O)O)cc(Br)c1Oc1ccc2[nH]cc(C3CCCC3)c2c1. The summed E-state index contributed by atoms with van der Waals surface area (Å²) < 4.78 is 12.2. The summed E-state index contributed by atoms with van der Waals surface area (Å²) in [7, 11) is 0. The number of hydrogen-bond acceptors (Lipinski definition) is 3. The molecule has 3 aromatic rings. The van der Waals surface area contributed by atoms with Crippen molar-refractivity contribution in [1.82, 2.24) is 4.98 Å². The molecule has 1 aliphatic rings. The number of carbonyl (C=O) groups is 1. The van der Waals surface area contributed by atoms with Gasteiger partial charge in [-0.15, -0.1) is 0 Å². The second-order valence-corrected chi connectivity index (χ2v) is 8.12. The molecule has 0 spiro atoms. The van der Waals surface area contributed by atoms with Gasteiger partial charge in [-0.05, 0) is 83.1 Å². The largest absolute Gasteiger partial charge is 0.482 e. The van der Waals surface area contributed by atoms with Gasteiger partial charge in [-0.1, -0.05) is 12.8 Å². The molecule has 28 heavy (non-hydrogen) atoms. The predicted molar refractivity (Wildman–Crippen MR) is 112 cm³/mol. The van der Waals surface area contributed by atoms with Crippen molar-refractivity contribution in [3.8, 4) is 17.2 Å². The van der Waals surface area contributed by atoms with E-state index in [2.05, 4.69) is 39.2 Å². The van der Waals surface area contributed by atoms with Crippen molar-refractivity contribution in [2.45, 2.75) is 38.5 Å². The van der Waals surface area contributed by atoms with Gasteiger partial charge in [0.2, 0.25) is 0 Å². The highest BCUT2D eigenvalue weighted by molar-refractivity contribution is 9.10. The zero-order valence-electron chi connectivity index (χ0n) is 15.6. The fourth-order valence-electron chi connectivity index (χ4n) is 3.93. The summed E-state index contributed by atoms with van der Waals surface area (Å²) in [6.45, 7) is 1.53. The highest BCUT2D eigenvalue weighted by Crippen LogP contribution is 2.40. The predicted octanol–water partition coefficient (Wildman–Crippen LogP) is 6.15. The fourth-order valence-corrected chi connectivity index (χ4v) is 4.55.